The van der Waals surface area contributed by atoms with E-state index in [9.17, 15) is 9.90 Å². The molecule has 1 aromatic heterocycles. The third-order valence-electron chi connectivity index (χ3n) is 8.74. The van der Waals surface area contributed by atoms with Gasteiger partial charge in [0.1, 0.15) is 16.9 Å². The van der Waals surface area contributed by atoms with Gasteiger partial charge in [0, 0.05) is 11.5 Å². The van der Waals surface area contributed by atoms with Crippen molar-refractivity contribution >= 4 is 43.3 Å². The predicted octanol–water partition coefficient (Wildman–Crippen LogP) is 9.09. The Morgan fingerprint density at radius 1 is 0.600 bits per heavy atom. The van der Waals surface area contributed by atoms with Crippen LogP contribution in [0.25, 0.3) is 54.4 Å². The molecular weight excluding hydrogens is 492 g/mol. The normalized spacial score (nSPS) is 15.2. The summed E-state index contributed by atoms with van der Waals surface area (Å²) in [6, 6.07) is 37.1. The largest absolute Gasteiger partial charge is 0.506 e. The number of aromatic hydroxyl groups is 1. The number of benzene rings is 6. The average Bonchev–Trinajstić information content (AvgIpc) is 3.00. The van der Waals surface area contributed by atoms with E-state index in [-0.39, 0.29) is 17.2 Å². The number of rotatable bonds is 2. The van der Waals surface area contributed by atoms with E-state index in [1.54, 1.807) is 18.2 Å². The topological polar surface area (TPSA) is 50.4 Å². The first kappa shape index (κ1) is 23.0. The van der Waals surface area contributed by atoms with Gasteiger partial charge in [0.15, 0.2) is 0 Å². The molecule has 1 aliphatic carbocycles. The molecule has 1 unspecified atom stereocenters. The van der Waals surface area contributed by atoms with Crippen LogP contribution in [-0.4, -0.2) is 5.11 Å². The zero-order valence-electron chi connectivity index (χ0n) is 21.9. The molecular formula is C37H26O3. The fraction of sp³-hybridized carbons (Fsp3) is 0.108. The molecule has 192 valence electrons. The fourth-order valence-corrected chi connectivity index (χ4v) is 6.95. The zero-order valence-corrected chi connectivity index (χ0v) is 21.9. The maximum Gasteiger partial charge on any atom is 0.348 e. The van der Waals surface area contributed by atoms with Crippen molar-refractivity contribution in [3.8, 4) is 16.9 Å². The minimum atomic E-state index is -0.519. The third-order valence-corrected chi connectivity index (χ3v) is 8.74. The van der Waals surface area contributed by atoms with E-state index in [4.69, 9.17) is 4.42 Å². The van der Waals surface area contributed by atoms with Gasteiger partial charge >= 0.3 is 5.63 Å². The fourth-order valence-electron chi connectivity index (χ4n) is 6.95. The summed E-state index contributed by atoms with van der Waals surface area (Å²) in [6.07, 6.45) is 3.04. The summed E-state index contributed by atoms with van der Waals surface area (Å²) < 4.78 is 5.77. The summed E-state index contributed by atoms with van der Waals surface area (Å²) in [5.41, 5.74) is 4.62. The van der Waals surface area contributed by atoms with E-state index in [2.05, 4.69) is 66.7 Å². The van der Waals surface area contributed by atoms with Gasteiger partial charge in [-0.3, -0.25) is 0 Å². The zero-order chi connectivity index (χ0) is 26.8. The van der Waals surface area contributed by atoms with Gasteiger partial charge in [-0.05, 0) is 80.4 Å². The lowest BCUT2D eigenvalue weighted by molar-refractivity contribution is 0.471. The molecule has 0 spiro atoms. The van der Waals surface area contributed by atoms with Gasteiger partial charge in [-0.25, -0.2) is 4.79 Å². The summed E-state index contributed by atoms with van der Waals surface area (Å²) in [5.74, 6) is 0.0648. The van der Waals surface area contributed by atoms with E-state index >= 15 is 0 Å². The van der Waals surface area contributed by atoms with Crippen molar-refractivity contribution in [1.82, 2.24) is 0 Å². The molecule has 1 heterocycles. The molecule has 7 aromatic rings. The highest BCUT2D eigenvalue weighted by atomic mass is 16.4. The van der Waals surface area contributed by atoms with E-state index in [1.807, 2.05) is 24.3 Å². The van der Waals surface area contributed by atoms with Crippen LogP contribution in [-0.2, 0) is 6.42 Å². The molecule has 1 N–H and O–H groups in total. The van der Waals surface area contributed by atoms with Crippen molar-refractivity contribution in [1.29, 1.82) is 0 Å². The molecule has 0 amide bonds. The van der Waals surface area contributed by atoms with Crippen LogP contribution >= 0.6 is 0 Å². The van der Waals surface area contributed by atoms with Crippen LogP contribution in [0, 0.1) is 0 Å². The van der Waals surface area contributed by atoms with Crippen molar-refractivity contribution in [2.24, 2.45) is 0 Å². The Hall–Kier alpha value is -4.89. The molecule has 3 heteroatoms. The second-order valence-electron chi connectivity index (χ2n) is 10.8. The Labute approximate surface area is 230 Å². The highest BCUT2D eigenvalue weighted by molar-refractivity contribution is 6.09. The lowest BCUT2D eigenvalue weighted by atomic mass is 9.74. The van der Waals surface area contributed by atoms with Crippen molar-refractivity contribution < 1.29 is 9.52 Å². The van der Waals surface area contributed by atoms with Crippen LogP contribution in [0.15, 0.2) is 118 Å². The monoisotopic (exact) mass is 518 g/mol. The second-order valence-corrected chi connectivity index (χ2v) is 10.8. The van der Waals surface area contributed by atoms with E-state index in [0.29, 0.717) is 11.0 Å². The minimum Gasteiger partial charge on any atom is -0.506 e. The molecule has 0 bridgehead atoms. The van der Waals surface area contributed by atoms with Gasteiger partial charge in [-0.1, -0.05) is 97.1 Å². The van der Waals surface area contributed by atoms with E-state index in [0.717, 1.165) is 41.2 Å². The van der Waals surface area contributed by atoms with Gasteiger partial charge in [0.05, 0.1) is 5.39 Å². The Bertz CT molecular complexity index is 2190. The lowest BCUT2D eigenvalue weighted by Crippen LogP contribution is -2.14. The van der Waals surface area contributed by atoms with Gasteiger partial charge < -0.3 is 9.52 Å². The van der Waals surface area contributed by atoms with Crippen LogP contribution in [0.2, 0.25) is 0 Å². The van der Waals surface area contributed by atoms with Crippen LogP contribution in [0.5, 0.6) is 5.75 Å². The molecule has 40 heavy (non-hydrogen) atoms. The van der Waals surface area contributed by atoms with Gasteiger partial charge in [-0.15, -0.1) is 0 Å². The molecule has 0 fully saturated rings. The Morgan fingerprint density at radius 2 is 1.25 bits per heavy atom. The Kier molecular flexibility index (Phi) is 5.08. The summed E-state index contributed by atoms with van der Waals surface area (Å²) in [7, 11) is 0. The SMILES string of the molecule is O=c1oc2ccccc2c(O)c1-c1c(C2CCCc3c2ccc2c3ccc3ccccc32)ccc2ccccc12. The first-order valence-electron chi connectivity index (χ1n) is 13.9. The lowest BCUT2D eigenvalue weighted by Gasteiger charge is -2.29. The maximum absolute atomic E-state index is 13.6. The van der Waals surface area contributed by atoms with Crippen molar-refractivity contribution in [3.63, 3.8) is 0 Å². The molecule has 6 aromatic carbocycles. The second kappa shape index (κ2) is 8.82. The summed E-state index contributed by atoms with van der Waals surface area (Å²) >= 11 is 0. The summed E-state index contributed by atoms with van der Waals surface area (Å²) in [5, 5.41) is 19.2. The van der Waals surface area contributed by atoms with Crippen LogP contribution in [0.3, 0.4) is 0 Å². The van der Waals surface area contributed by atoms with Gasteiger partial charge in [0.2, 0.25) is 0 Å². The highest BCUT2D eigenvalue weighted by Gasteiger charge is 2.29. The van der Waals surface area contributed by atoms with Crippen LogP contribution < -0.4 is 5.63 Å². The summed E-state index contributed by atoms with van der Waals surface area (Å²) in [4.78, 5) is 13.6. The van der Waals surface area contributed by atoms with Crippen LogP contribution in [0.4, 0.5) is 0 Å². The number of hydrogen-bond donors (Lipinski definition) is 1. The number of para-hydroxylation sites is 1. The molecule has 0 radical (unpaired) electrons. The Morgan fingerprint density at radius 3 is 2.10 bits per heavy atom. The molecule has 3 nitrogen and oxygen atoms in total. The highest BCUT2D eigenvalue weighted by Crippen LogP contribution is 2.47. The summed E-state index contributed by atoms with van der Waals surface area (Å²) in [6.45, 7) is 0. The average molecular weight is 519 g/mol. The predicted molar refractivity (Wildman–Crippen MR) is 163 cm³/mol. The molecule has 1 aliphatic rings. The quantitative estimate of drug-likeness (QED) is 0.183. The minimum absolute atomic E-state index is 0.0227. The first-order valence-corrected chi connectivity index (χ1v) is 13.9. The molecule has 8 rings (SSSR count). The molecule has 0 saturated carbocycles. The van der Waals surface area contributed by atoms with Crippen molar-refractivity contribution in [2.45, 2.75) is 25.2 Å². The van der Waals surface area contributed by atoms with E-state index < -0.39 is 5.63 Å². The number of aryl methyl sites for hydroxylation is 1. The number of fused-ring (bicyclic) bond motifs is 7. The number of hydrogen-bond acceptors (Lipinski definition) is 3. The van der Waals surface area contributed by atoms with Crippen LogP contribution in [0.1, 0.15) is 35.4 Å². The molecule has 1 atom stereocenters. The Balaban J connectivity index is 1.42. The van der Waals surface area contributed by atoms with Crippen molar-refractivity contribution in [2.75, 3.05) is 0 Å². The maximum atomic E-state index is 13.6. The smallest absolute Gasteiger partial charge is 0.348 e. The van der Waals surface area contributed by atoms with Gasteiger partial charge in [-0.2, -0.15) is 0 Å². The first-order chi connectivity index (χ1) is 19.7. The third kappa shape index (κ3) is 3.34. The molecule has 0 saturated heterocycles. The van der Waals surface area contributed by atoms with E-state index in [1.165, 1.54) is 32.7 Å². The van der Waals surface area contributed by atoms with Crippen molar-refractivity contribution in [3.05, 3.63) is 136 Å². The van der Waals surface area contributed by atoms with Gasteiger partial charge in [0.25, 0.3) is 0 Å². The molecule has 0 aliphatic heterocycles. The standard InChI is InChI=1S/C37H26O3/c38-36-32-12-5-6-15-33(32)40-37(39)35(36)34-25-11-4-2-9-23(25)17-19-31(34)27-14-7-13-26-29-18-16-22-8-1-3-10-24(22)28(29)20-21-30(26)27/h1-6,8-12,15-21,27,38H,7,13-14H2.